The van der Waals surface area contributed by atoms with Crippen LogP contribution in [0.15, 0.2) is 18.2 Å². The van der Waals surface area contributed by atoms with E-state index in [0.717, 1.165) is 19.0 Å². The second-order valence-corrected chi connectivity index (χ2v) is 9.26. The molecular weight excluding hydrogens is 416 g/mol. The van der Waals surface area contributed by atoms with E-state index in [0.29, 0.717) is 25.3 Å². The SMILES string of the molecule is CCNC(=O)[C@@H](NC(=O)c1nc(-c2ccc(F)cc2F)n2c1CN(C)CCC2)C(C)(C)C. The third-order valence-corrected chi connectivity index (χ3v) is 5.56. The Bertz CT molecular complexity index is 1010. The molecule has 0 saturated carbocycles. The van der Waals surface area contributed by atoms with Gasteiger partial charge in [-0.15, -0.1) is 0 Å². The number of fused-ring (bicyclic) bond motifs is 1. The first-order valence-corrected chi connectivity index (χ1v) is 10.8. The van der Waals surface area contributed by atoms with E-state index in [1.165, 1.54) is 12.1 Å². The van der Waals surface area contributed by atoms with Gasteiger partial charge in [0, 0.05) is 25.7 Å². The van der Waals surface area contributed by atoms with E-state index in [4.69, 9.17) is 0 Å². The van der Waals surface area contributed by atoms with Crippen LogP contribution in [0.3, 0.4) is 0 Å². The van der Waals surface area contributed by atoms with E-state index < -0.39 is 29.0 Å². The summed E-state index contributed by atoms with van der Waals surface area (Å²) in [4.78, 5) is 32.5. The highest BCUT2D eigenvalue weighted by molar-refractivity contribution is 5.98. The van der Waals surface area contributed by atoms with Gasteiger partial charge in [0.05, 0.1) is 11.3 Å². The van der Waals surface area contributed by atoms with E-state index >= 15 is 0 Å². The van der Waals surface area contributed by atoms with Gasteiger partial charge in [0.2, 0.25) is 5.91 Å². The molecule has 1 atom stereocenters. The third-order valence-electron chi connectivity index (χ3n) is 5.56. The number of aromatic nitrogens is 2. The summed E-state index contributed by atoms with van der Waals surface area (Å²) in [6.45, 7) is 9.66. The van der Waals surface area contributed by atoms with Crippen LogP contribution in [0.2, 0.25) is 0 Å². The fraction of sp³-hybridized carbons (Fsp3) is 0.522. The Morgan fingerprint density at radius 1 is 1.22 bits per heavy atom. The predicted molar refractivity (Wildman–Crippen MR) is 118 cm³/mol. The number of nitrogens with zero attached hydrogens (tertiary/aromatic N) is 3. The number of halogens is 2. The van der Waals surface area contributed by atoms with Crippen LogP contribution in [-0.4, -0.2) is 52.4 Å². The van der Waals surface area contributed by atoms with Crippen LogP contribution < -0.4 is 10.6 Å². The third kappa shape index (κ3) is 4.98. The Hall–Kier alpha value is -2.81. The number of rotatable bonds is 5. The van der Waals surface area contributed by atoms with Crippen molar-refractivity contribution in [3.05, 3.63) is 41.2 Å². The van der Waals surface area contributed by atoms with Crippen LogP contribution >= 0.6 is 0 Å². The molecular formula is C23H31F2N5O2. The summed E-state index contributed by atoms with van der Waals surface area (Å²) < 4.78 is 29.9. The van der Waals surface area contributed by atoms with Crippen molar-refractivity contribution in [2.24, 2.45) is 5.41 Å². The molecule has 3 rings (SSSR count). The monoisotopic (exact) mass is 447 g/mol. The topological polar surface area (TPSA) is 79.3 Å². The Labute approximate surface area is 187 Å². The van der Waals surface area contributed by atoms with Crippen molar-refractivity contribution in [3.8, 4) is 11.4 Å². The molecule has 1 aromatic heterocycles. The largest absolute Gasteiger partial charge is 0.355 e. The highest BCUT2D eigenvalue weighted by Gasteiger charge is 2.35. The molecule has 0 bridgehead atoms. The van der Waals surface area contributed by atoms with Gasteiger partial charge in [-0.2, -0.15) is 0 Å². The summed E-state index contributed by atoms with van der Waals surface area (Å²) in [7, 11) is 1.94. The van der Waals surface area contributed by atoms with Gasteiger partial charge in [-0.25, -0.2) is 13.8 Å². The van der Waals surface area contributed by atoms with Crippen LogP contribution in [0.5, 0.6) is 0 Å². The van der Waals surface area contributed by atoms with Crippen LogP contribution in [-0.2, 0) is 17.9 Å². The number of hydrogen-bond acceptors (Lipinski definition) is 4. The first-order chi connectivity index (χ1) is 15.0. The molecule has 0 spiro atoms. The summed E-state index contributed by atoms with van der Waals surface area (Å²) in [5.41, 5.74) is 0.391. The molecule has 32 heavy (non-hydrogen) atoms. The number of amides is 2. The first kappa shape index (κ1) is 23.8. The molecule has 174 valence electrons. The van der Waals surface area contributed by atoms with Gasteiger partial charge < -0.3 is 20.1 Å². The maximum Gasteiger partial charge on any atom is 0.272 e. The number of likely N-dealkylation sites (N-methyl/N-ethyl adjacent to an activating group) is 1. The highest BCUT2D eigenvalue weighted by Crippen LogP contribution is 2.29. The number of nitrogens with one attached hydrogen (secondary N) is 2. The molecule has 1 aliphatic heterocycles. The number of hydrogen-bond donors (Lipinski definition) is 2. The predicted octanol–water partition coefficient (Wildman–Crippen LogP) is 2.94. The minimum absolute atomic E-state index is 0.132. The fourth-order valence-electron chi connectivity index (χ4n) is 3.93. The summed E-state index contributed by atoms with van der Waals surface area (Å²) in [5.74, 6) is -1.91. The zero-order valence-electron chi connectivity index (χ0n) is 19.3. The molecule has 7 nitrogen and oxygen atoms in total. The summed E-state index contributed by atoms with van der Waals surface area (Å²) >= 11 is 0. The van der Waals surface area contributed by atoms with Gasteiger partial charge >= 0.3 is 0 Å². The molecule has 0 unspecified atom stereocenters. The van der Waals surface area contributed by atoms with E-state index in [2.05, 4.69) is 20.5 Å². The van der Waals surface area contributed by atoms with Crippen molar-refractivity contribution in [1.29, 1.82) is 0 Å². The minimum Gasteiger partial charge on any atom is -0.355 e. The van der Waals surface area contributed by atoms with Crippen molar-refractivity contribution in [2.45, 2.75) is 53.2 Å². The van der Waals surface area contributed by atoms with E-state index in [9.17, 15) is 18.4 Å². The zero-order valence-corrected chi connectivity index (χ0v) is 19.3. The van der Waals surface area contributed by atoms with Gasteiger partial charge in [-0.3, -0.25) is 9.59 Å². The number of benzene rings is 1. The van der Waals surface area contributed by atoms with Gasteiger partial charge in [0.25, 0.3) is 5.91 Å². The van der Waals surface area contributed by atoms with Crippen LogP contribution in [0, 0.1) is 17.0 Å². The molecule has 1 aliphatic rings. The smallest absolute Gasteiger partial charge is 0.272 e. The molecule has 0 radical (unpaired) electrons. The van der Waals surface area contributed by atoms with Crippen molar-refractivity contribution >= 4 is 11.8 Å². The van der Waals surface area contributed by atoms with Crippen LogP contribution in [0.4, 0.5) is 8.78 Å². The molecule has 2 amide bonds. The molecule has 1 aromatic carbocycles. The molecule has 0 aliphatic carbocycles. The Kier molecular flexibility index (Phi) is 6.97. The summed E-state index contributed by atoms with van der Waals surface area (Å²) in [6, 6.07) is 2.54. The Balaban J connectivity index is 2.06. The molecule has 2 N–H and O–H groups in total. The maximum atomic E-state index is 14.6. The lowest BCUT2D eigenvalue weighted by Gasteiger charge is -2.30. The minimum atomic E-state index is -0.776. The Morgan fingerprint density at radius 2 is 1.94 bits per heavy atom. The second-order valence-electron chi connectivity index (χ2n) is 9.26. The average Bonchev–Trinajstić information content (AvgIpc) is 2.91. The first-order valence-electron chi connectivity index (χ1n) is 10.8. The average molecular weight is 448 g/mol. The van der Waals surface area contributed by atoms with Crippen molar-refractivity contribution < 1.29 is 18.4 Å². The molecule has 9 heteroatoms. The lowest BCUT2D eigenvalue weighted by Crippen LogP contribution is -2.53. The van der Waals surface area contributed by atoms with E-state index in [1.807, 2.05) is 39.3 Å². The van der Waals surface area contributed by atoms with Crippen LogP contribution in [0.25, 0.3) is 11.4 Å². The lowest BCUT2D eigenvalue weighted by molar-refractivity contribution is -0.125. The number of carbonyl (C=O) groups is 2. The zero-order chi connectivity index (χ0) is 23.6. The number of imidazole rings is 1. The highest BCUT2D eigenvalue weighted by atomic mass is 19.1. The maximum absolute atomic E-state index is 14.6. The normalized spacial score (nSPS) is 15.6. The van der Waals surface area contributed by atoms with Gasteiger partial charge in [-0.1, -0.05) is 20.8 Å². The number of carbonyl (C=O) groups excluding carboxylic acids is 2. The van der Waals surface area contributed by atoms with Gasteiger partial charge in [0.15, 0.2) is 5.69 Å². The molecule has 2 heterocycles. The fourth-order valence-corrected chi connectivity index (χ4v) is 3.93. The van der Waals surface area contributed by atoms with E-state index in [-0.39, 0.29) is 23.0 Å². The Morgan fingerprint density at radius 3 is 2.56 bits per heavy atom. The van der Waals surface area contributed by atoms with Crippen LogP contribution in [0.1, 0.15) is 50.3 Å². The standard InChI is InChI=1S/C23H31F2N5O2/c1-6-26-22(32)19(23(2,3)4)28-21(31)18-17-13-29(5)10-7-11-30(17)20(27-18)15-9-8-14(24)12-16(15)25/h8-9,12,19H,6-7,10-11,13H2,1-5H3,(H,26,32)(H,28,31)/t19-/m1/s1. The lowest BCUT2D eigenvalue weighted by atomic mass is 9.86. The second kappa shape index (κ2) is 9.36. The quantitative estimate of drug-likeness (QED) is 0.739. The van der Waals surface area contributed by atoms with E-state index in [1.54, 1.807) is 0 Å². The van der Waals surface area contributed by atoms with Crippen molar-refractivity contribution in [1.82, 2.24) is 25.1 Å². The van der Waals surface area contributed by atoms with Crippen molar-refractivity contribution in [2.75, 3.05) is 20.1 Å². The van der Waals surface area contributed by atoms with Gasteiger partial charge in [-0.05, 0) is 44.5 Å². The summed E-state index contributed by atoms with van der Waals surface area (Å²) in [6.07, 6.45) is 0.792. The van der Waals surface area contributed by atoms with Crippen molar-refractivity contribution in [3.63, 3.8) is 0 Å². The molecule has 0 saturated heterocycles. The molecule has 2 aromatic rings. The summed E-state index contributed by atoms with van der Waals surface area (Å²) in [5, 5.41) is 5.59. The molecule has 0 fully saturated rings. The van der Waals surface area contributed by atoms with Gasteiger partial charge in [0.1, 0.15) is 23.5 Å².